The summed E-state index contributed by atoms with van der Waals surface area (Å²) in [6.07, 6.45) is 6.51. The predicted molar refractivity (Wildman–Crippen MR) is 118 cm³/mol. The van der Waals surface area contributed by atoms with Gasteiger partial charge in [0.25, 0.3) is 11.6 Å². The molecule has 3 aromatic carbocycles. The van der Waals surface area contributed by atoms with E-state index >= 15 is 0 Å². The van der Waals surface area contributed by atoms with Crippen molar-refractivity contribution in [2.45, 2.75) is 5.92 Å². The van der Waals surface area contributed by atoms with Gasteiger partial charge in [-0.3, -0.25) is 14.9 Å². The first-order valence-corrected chi connectivity index (χ1v) is 9.37. The third kappa shape index (κ3) is 5.55. The molecule has 1 amide bonds. The second-order valence-corrected chi connectivity index (χ2v) is 6.46. The zero-order valence-electron chi connectivity index (χ0n) is 16.5. The average molecular weight is 413 g/mol. The number of nitrogens with zero attached hydrogens (tertiary/aromatic N) is 2. The van der Waals surface area contributed by atoms with Crippen molar-refractivity contribution in [2.75, 3.05) is 6.61 Å². The third-order valence-electron chi connectivity index (χ3n) is 4.42. The number of terminal acetylenes is 1. The van der Waals surface area contributed by atoms with Gasteiger partial charge in [0.15, 0.2) is 0 Å². The number of nitro groups is 1. The van der Waals surface area contributed by atoms with Gasteiger partial charge in [-0.05, 0) is 17.2 Å². The molecule has 0 aromatic heterocycles. The van der Waals surface area contributed by atoms with Crippen LogP contribution in [0, 0.1) is 22.5 Å². The van der Waals surface area contributed by atoms with Crippen molar-refractivity contribution in [3.8, 4) is 18.1 Å². The Hall–Kier alpha value is -4.44. The third-order valence-corrected chi connectivity index (χ3v) is 4.42. The van der Waals surface area contributed by atoms with Gasteiger partial charge in [0, 0.05) is 17.7 Å². The van der Waals surface area contributed by atoms with Crippen LogP contribution in [0.1, 0.15) is 22.6 Å². The maximum atomic E-state index is 13.0. The van der Waals surface area contributed by atoms with Crippen LogP contribution in [0.25, 0.3) is 0 Å². The van der Waals surface area contributed by atoms with E-state index in [1.54, 1.807) is 0 Å². The maximum absolute atomic E-state index is 13.0. The number of benzene rings is 3. The predicted octanol–water partition coefficient (Wildman–Crippen LogP) is 3.89. The molecule has 3 aromatic rings. The molecule has 0 saturated heterocycles. The summed E-state index contributed by atoms with van der Waals surface area (Å²) in [5, 5.41) is 15.1. The Labute approximate surface area is 179 Å². The average Bonchev–Trinajstić information content (AvgIpc) is 2.79. The van der Waals surface area contributed by atoms with Crippen LogP contribution in [0.2, 0.25) is 0 Å². The van der Waals surface area contributed by atoms with E-state index in [1.165, 1.54) is 24.4 Å². The topological polar surface area (TPSA) is 93.8 Å². The lowest BCUT2D eigenvalue weighted by Gasteiger charge is -2.16. The monoisotopic (exact) mass is 413 g/mol. The first kappa shape index (κ1) is 21.3. The summed E-state index contributed by atoms with van der Waals surface area (Å²) in [5.74, 6) is 1.75. The molecule has 0 aliphatic carbocycles. The van der Waals surface area contributed by atoms with Crippen molar-refractivity contribution < 1.29 is 14.5 Å². The van der Waals surface area contributed by atoms with E-state index in [2.05, 4.69) is 16.4 Å². The summed E-state index contributed by atoms with van der Waals surface area (Å²) in [4.78, 5) is 23.5. The molecule has 0 atom stereocenters. The van der Waals surface area contributed by atoms with Crippen LogP contribution >= 0.6 is 0 Å². The molecular formula is C24H19N3O4. The van der Waals surface area contributed by atoms with E-state index < -0.39 is 10.8 Å². The SMILES string of the molecule is C#CCOc1ccc([N+](=O)[O-])cc1/C=N/NC(=O)C(c1ccccc1)c1ccccc1. The summed E-state index contributed by atoms with van der Waals surface area (Å²) < 4.78 is 5.40. The molecule has 7 heteroatoms. The van der Waals surface area contributed by atoms with Gasteiger partial charge in [-0.15, -0.1) is 6.42 Å². The standard InChI is InChI=1S/C24H19N3O4/c1-2-15-31-22-14-13-21(27(29)30)16-20(22)17-25-26-24(28)23(18-9-5-3-6-10-18)19-11-7-4-8-12-19/h1,3-14,16-17,23H,15H2,(H,26,28)/b25-17+. The number of amides is 1. The van der Waals surface area contributed by atoms with Crippen molar-refractivity contribution in [3.63, 3.8) is 0 Å². The van der Waals surface area contributed by atoms with Crippen molar-refractivity contribution in [1.82, 2.24) is 5.43 Å². The number of carbonyl (C=O) groups excluding carboxylic acids is 1. The number of nitro benzene ring substituents is 1. The number of non-ortho nitro benzene ring substituents is 1. The lowest BCUT2D eigenvalue weighted by Crippen LogP contribution is -2.26. The van der Waals surface area contributed by atoms with Gasteiger partial charge in [-0.25, -0.2) is 5.43 Å². The second-order valence-electron chi connectivity index (χ2n) is 6.46. The van der Waals surface area contributed by atoms with Crippen LogP contribution in [0.3, 0.4) is 0 Å². The van der Waals surface area contributed by atoms with Gasteiger partial charge < -0.3 is 4.74 Å². The fourth-order valence-corrected chi connectivity index (χ4v) is 3.02. The van der Waals surface area contributed by atoms with Crippen molar-refractivity contribution in [1.29, 1.82) is 0 Å². The van der Waals surface area contributed by atoms with Crippen molar-refractivity contribution >= 4 is 17.8 Å². The van der Waals surface area contributed by atoms with E-state index in [0.29, 0.717) is 11.3 Å². The number of hydrazone groups is 1. The molecule has 0 unspecified atom stereocenters. The molecule has 0 radical (unpaired) electrons. The Morgan fingerprint density at radius 2 is 1.71 bits per heavy atom. The highest BCUT2D eigenvalue weighted by atomic mass is 16.6. The molecule has 0 bridgehead atoms. The molecule has 7 nitrogen and oxygen atoms in total. The summed E-state index contributed by atoms with van der Waals surface area (Å²) in [5.41, 5.74) is 4.34. The first-order chi connectivity index (χ1) is 15.1. The van der Waals surface area contributed by atoms with Gasteiger partial charge in [-0.1, -0.05) is 66.6 Å². The van der Waals surface area contributed by atoms with Crippen LogP contribution < -0.4 is 10.2 Å². The summed E-state index contributed by atoms with van der Waals surface area (Å²) in [6.45, 7) is -0.00486. The smallest absolute Gasteiger partial charge is 0.270 e. The van der Waals surface area contributed by atoms with Crippen molar-refractivity contribution in [3.05, 3.63) is 106 Å². The number of carbonyl (C=O) groups is 1. The van der Waals surface area contributed by atoms with E-state index in [4.69, 9.17) is 11.2 Å². The highest BCUT2D eigenvalue weighted by Crippen LogP contribution is 2.25. The Morgan fingerprint density at radius 3 is 2.26 bits per heavy atom. The number of ether oxygens (including phenoxy) is 1. The van der Waals surface area contributed by atoms with Gasteiger partial charge >= 0.3 is 0 Å². The Bertz CT molecular complexity index is 1080. The van der Waals surface area contributed by atoms with Gasteiger partial charge in [-0.2, -0.15) is 5.10 Å². The summed E-state index contributed by atoms with van der Waals surface area (Å²) in [7, 11) is 0. The summed E-state index contributed by atoms with van der Waals surface area (Å²) in [6, 6.07) is 22.7. The van der Waals surface area contributed by atoms with Crippen LogP contribution in [0.5, 0.6) is 5.75 Å². The fourth-order valence-electron chi connectivity index (χ4n) is 3.02. The van der Waals surface area contributed by atoms with E-state index in [1.807, 2.05) is 60.7 Å². The Balaban J connectivity index is 1.85. The number of nitrogens with one attached hydrogen (secondary N) is 1. The minimum Gasteiger partial charge on any atom is -0.480 e. The molecule has 1 N–H and O–H groups in total. The molecule has 0 aliphatic heterocycles. The fraction of sp³-hybridized carbons (Fsp3) is 0.0833. The zero-order valence-corrected chi connectivity index (χ0v) is 16.5. The van der Waals surface area contributed by atoms with E-state index in [-0.39, 0.29) is 18.2 Å². The van der Waals surface area contributed by atoms with Crippen molar-refractivity contribution in [2.24, 2.45) is 5.10 Å². The van der Waals surface area contributed by atoms with Gasteiger partial charge in [0.2, 0.25) is 0 Å². The van der Waals surface area contributed by atoms with Crippen LogP contribution in [-0.2, 0) is 4.79 Å². The lowest BCUT2D eigenvalue weighted by molar-refractivity contribution is -0.384. The molecule has 31 heavy (non-hydrogen) atoms. The quantitative estimate of drug-likeness (QED) is 0.262. The van der Waals surface area contributed by atoms with E-state index in [0.717, 1.165) is 11.1 Å². The second kappa shape index (κ2) is 10.4. The zero-order chi connectivity index (χ0) is 22.1. The highest BCUT2D eigenvalue weighted by molar-refractivity contribution is 5.89. The maximum Gasteiger partial charge on any atom is 0.270 e. The molecule has 0 heterocycles. The number of hydrogen-bond acceptors (Lipinski definition) is 5. The largest absolute Gasteiger partial charge is 0.480 e. The van der Waals surface area contributed by atoms with Gasteiger partial charge in [0.1, 0.15) is 12.4 Å². The molecule has 0 spiro atoms. The minimum absolute atomic E-state index is 0.00486. The normalized spacial score (nSPS) is 10.6. The first-order valence-electron chi connectivity index (χ1n) is 9.37. The minimum atomic E-state index is -0.568. The molecule has 0 aliphatic rings. The Kier molecular flexibility index (Phi) is 7.12. The molecule has 3 rings (SSSR count). The molecule has 0 saturated carbocycles. The van der Waals surface area contributed by atoms with Gasteiger partial charge in [0.05, 0.1) is 17.1 Å². The molecular weight excluding hydrogens is 394 g/mol. The van der Waals surface area contributed by atoms with E-state index in [9.17, 15) is 14.9 Å². The van der Waals surface area contributed by atoms with Crippen LogP contribution in [0.15, 0.2) is 84.0 Å². The number of hydrogen-bond donors (Lipinski definition) is 1. The van der Waals surface area contributed by atoms with Crippen LogP contribution in [0.4, 0.5) is 5.69 Å². The molecule has 0 fully saturated rings. The summed E-state index contributed by atoms with van der Waals surface area (Å²) >= 11 is 0. The Morgan fingerprint density at radius 1 is 1.10 bits per heavy atom. The van der Waals surface area contributed by atoms with Crippen LogP contribution in [-0.4, -0.2) is 23.7 Å². The highest BCUT2D eigenvalue weighted by Gasteiger charge is 2.22. The molecule has 154 valence electrons. The number of rotatable bonds is 8. The lowest BCUT2D eigenvalue weighted by atomic mass is 9.91.